The lowest BCUT2D eigenvalue weighted by atomic mass is 10.1. The maximum absolute atomic E-state index is 11.6. The van der Waals surface area contributed by atoms with Crippen LogP contribution in [0.2, 0.25) is 5.02 Å². The Balaban J connectivity index is 1.94. The van der Waals surface area contributed by atoms with Gasteiger partial charge in [0.25, 0.3) is 0 Å². The highest BCUT2D eigenvalue weighted by molar-refractivity contribution is 6.30. The fraction of sp³-hybridized carbons (Fsp3) is 0.118. The first-order valence-electron chi connectivity index (χ1n) is 6.79. The van der Waals surface area contributed by atoms with Gasteiger partial charge in [-0.1, -0.05) is 11.6 Å². The minimum atomic E-state index is -1.08. The zero-order valence-electron chi connectivity index (χ0n) is 12.2. The highest BCUT2D eigenvalue weighted by Crippen LogP contribution is 2.30. The van der Waals surface area contributed by atoms with E-state index in [1.807, 2.05) is 0 Å². The maximum Gasteiger partial charge on any atom is 0.340 e. The van der Waals surface area contributed by atoms with Crippen molar-refractivity contribution in [2.75, 3.05) is 7.11 Å². The van der Waals surface area contributed by atoms with Crippen molar-refractivity contribution in [2.24, 2.45) is 0 Å². The predicted octanol–water partition coefficient (Wildman–Crippen LogP) is 4.37. The number of carboxylic acids is 1. The van der Waals surface area contributed by atoms with E-state index in [0.717, 1.165) is 0 Å². The predicted molar refractivity (Wildman–Crippen MR) is 85.5 cm³/mol. The number of carboxylic acid groups (broad SMARTS) is 1. The van der Waals surface area contributed by atoms with Gasteiger partial charge in [0, 0.05) is 10.4 Å². The number of furan rings is 1. The minimum absolute atomic E-state index is 0.000259. The zero-order chi connectivity index (χ0) is 16.4. The average Bonchev–Trinajstić information content (AvgIpc) is 2.91. The molecule has 0 spiro atoms. The summed E-state index contributed by atoms with van der Waals surface area (Å²) in [7, 11) is 1.52. The summed E-state index contributed by atoms with van der Waals surface area (Å²) < 4.78 is 16.3. The van der Waals surface area contributed by atoms with Crippen LogP contribution >= 0.6 is 11.6 Å². The van der Waals surface area contributed by atoms with Gasteiger partial charge in [0.1, 0.15) is 29.3 Å². The van der Waals surface area contributed by atoms with Crippen LogP contribution < -0.4 is 9.47 Å². The molecule has 0 bridgehead atoms. The molecular formula is C17H13ClO5. The van der Waals surface area contributed by atoms with Gasteiger partial charge >= 0.3 is 5.97 Å². The van der Waals surface area contributed by atoms with Crippen LogP contribution in [0.4, 0.5) is 0 Å². The topological polar surface area (TPSA) is 68.9 Å². The van der Waals surface area contributed by atoms with Crippen molar-refractivity contribution >= 4 is 28.5 Å². The second-order valence-electron chi connectivity index (χ2n) is 4.81. The van der Waals surface area contributed by atoms with E-state index in [2.05, 4.69) is 0 Å². The van der Waals surface area contributed by atoms with E-state index in [0.29, 0.717) is 27.5 Å². The molecule has 0 aliphatic carbocycles. The number of ether oxygens (including phenoxy) is 2. The van der Waals surface area contributed by atoms with Crippen molar-refractivity contribution in [3.63, 3.8) is 0 Å². The third-order valence-corrected chi connectivity index (χ3v) is 3.62. The number of hydrogen-bond acceptors (Lipinski definition) is 4. The molecule has 1 N–H and O–H groups in total. The van der Waals surface area contributed by atoms with E-state index in [9.17, 15) is 9.90 Å². The van der Waals surface area contributed by atoms with Crippen LogP contribution in [-0.2, 0) is 6.61 Å². The standard InChI is InChI=1S/C17H13ClO5/c1-21-12-6-7-14-13(8-12)16(17(19)20)15(23-14)9-22-11-4-2-10(18)3-5-11/h2-8H,9H2,1H3,(H,19,20). The van der Waals surface area contributed by atoms with Gasteiger partial charge in [0.05, 0.1) is 7.11 Å². The zero-order valence-corrected chi connectivity index (χ0v) is 13.0. The lowest BCUT2D eigenvalue weighted by Crippen LogP contribution is -2.03. The summed E-state index contributed by atoms with van der Waals surface area (Å²) in [6.45, 7) is 0.000259. The second-order valence-corrected chi connectivity index (χ2v) is 5.25. The molecule has 5 nitrogen and oxygen atoms in total. The summed E-state index contributed by atoms with van der Waals surface area (Å²) in [5.41, 5.74) is 0.547. The number of halogens is 1. The minimum Gasteiger partial charge on any atom is -0.497 e. The molecule has 0 saturated heterocycles. The van der Waals surface area contributed by atoms with E-state index in [-0.39, 0.29) is 17.9 Å². The number of methoxy groups -OCH3 is 1. The summed E-state index contributed by atoms with van der Waals surface area (Å²) in [4.78, 5) is 11.6. The second kappa shape index (κ2) is 6.22. The monoisotopic (exact) mass is 332 g/mol. The normalized spacial score (nSPS) is 10.7. The van der Waals surface area contributed by atoms with E-state index in [1.54, 1.807) is 42.5 Å². The molecule has 0 saturated carbocycles. The Morgan fingerprint density at radius 2 is 1.87 bits per heavy atom. The van der Waals surface area contributed by atoms with E-state index in [4.69, 9.17) is 25.5 Å². The maximum atomic E-state index is 11.6. The third kappa shape index (κ3) is 3.10. The number of fused-ring (bicyclic) bond motifs is 1. The molecular weight excluding hydrogens is 320 g/mol. The van der Waals surface area contributed by atoms with Crippen molar-refractivity contribution < 1.29 is 23.8 Å². The number of carbonyl (C=O) groups is 1. The van der Waals surface area contributed by atoms with E-state index >= 15 is 0 Å². The molecule has 0 atom stereocenters. The van der Waals surface area contributed by atoms with Crippen LogP contribution in [0.15, 0.2) is 46.9 Å². The van der Waals surface area contributed by atoms with Crippen LogP contribution in [0, 0.1) is 0 Å². The molecule has 0 fully saturated rings. The molecule has 0 radical (unpaired) electrons. The summed E-state index contributed by atoms with van der Waals surface area (Å²) in [6.07, 6.45) is 0. The SMILES string of the molecule is COc1ccc2oc(COc3ccc(Cl)cc3)c(C(=O)O)c2c1. The quantitative estimate of drug-likeness (QED) is 0.751. The van der Waals surface area contributed by atoms with Crippen LogP contribution in [0.3, 0.4) is 0 Å². The fourth-order valence-electron chi connectivity index (χ4n) is 2.27. The Kier molecular flexibility index (Phi) is 4.12. The van der Waals surface area contributed by atoms with Crippen LogP contribution in [0.5, 0.6) is 11.5 Å². The molecule has 6 heteroatoms. The van der Waals surface area contributed by atoms with Crippen molar-refractivity contribution in [1.29, 1.82) is 0 Å². The molecule has 2 aromatic carbocycles. The average molecular weight is 333 g/mol. The Morgan fingerprint density at radius 3 is 2.52 bits per heavy atom. The smallest absolute Gasteiger partial charge is 0.340 e. The van der Waals surface area contributed by atoms with Gasteiger partial charge in [0.2, 0.25) is 0 Å². The van der Waals surface area contributed by atoms with Crippen LogP contribution in [0.1, 0.15) is 16.1 Å². The van der Waals surface area contributed by atoms with Crippen molar-refractivity contribution in [3.8, 4) is 11.5 Å². The van der Waals surface area contributed by atoms with Gasteiger partial charge in [-0.05, 0) is 42.5 Å². The van der Waals surface area contributed by atoms with Crippen molar-refractivity contribution in [3.05, 3.63) is 58.8 Å². The van der Waals surface area contributed by atoms with Gasteiger partial charge < -0.3 is 19.0 Å². The Morgan fingerprint density at radius 1 is 1.17 bits per heavy atom. The van der Waals surface area contributed by atoms with Gasteiger partial charge in [-0.2, -0.15) is 0 Å². The Labute approximate surface area is 137 Å². The first-order valence-corrected chi connectivity index (χ1v) is 7.17. The first-order chi connectivity index (χ1) is 11.1. The van der Waals surface area contributed by atoms with Crippen molar-refractivity contribution in [2.45, 2.75) is 6.61 Å². The molecule has 3 rings (SSSR count). The molecule has 1 heterocycles. The molecule has 1 aromatic heterocycles. The third-order valence-electron chi connectivity index (χ3n) is 3.37. The van der Waals surface area contributed by atoms with Gasteiger partial charge in [0.15, 0.2) is 5.76 Å². The number of benzene rings is 2. The fourth-order valence-corrected chi connectivity index (χ4v) is 2.40. The molecule has 118 valence electrons. The highest BCUT2D eigenvalue weighted by Gasteiger charge is 2.21. The van der Waals surface area contributed by atoms with E-state index in [1.165, 1.54) is 7.11 Å². The number of hydrogen-bond donors (Lipinski definition) is 1. The largest absolute Gasteiger partial charge is 0.497 e. The lowest BCUT2D eigenvalue weighted by molar-refractivity contribution is 0.0693. The lowest BCUT2D eigenvalue weighted by Gasteiger charge is -2.04. The summed E-state index contributed by atoms with van der Waals surface area (Å²) in [6, 6.07) is 11.8. The van der Waals surface area contributed by atoms with Gasteiger partial charge in [-0.25, -0.2) is 4.79 Å². The number of aromatic carboxylic acids is 1. The summed E-state index contributed by atoms with van der Waals surface area (Å²) in [5, 5.41) is 10.6. The van der Waals surface area contributed by atoms with Crippen molar-refractivity contribution in [1.82, 2.24) is 0 Å². The van der Waals surface area contributed by atoms with Crippen LogP contribution in [-0.4, -0.2) is 18.2 Å². The van der Waals surface area contributed by atoms with Gasteiger partial charge in [-0.15, -0.1) is 0 Å². The first kappa shape index (κ1) is 15.2. The molecule has 3 aromatic rings. The molecule has 0 unspecified atom stereocenters. The molecule has 0 aliphatic heterocycles. The number of rotatable bonds is 5. The Hall–Kier alpha value is -2.66. The molecule has 0 amide bonds. The highest BCUT2D eigenvalue weighted by atomic mass is 35.5. The molecule has 0 aliphatic rings. The van der Waals surface area contributed by atoms with Crippen LogP contribution in [0.25, 0.3) is 11.0 Å². The summed E-state index contributed by atoms with van der Waals surface area (Å²) in [5.74, 6) is 0.303. The molecule has 23 heavy (non-hydrogen) atoms. The van der Waals surface area contributed by atoms with E-state index < -0.39 is 5.97 Å². The van der Waals surface area contributed by atoms with Gasteiger partial charge in [-0.3, -0.25) is 0 Å². The Bertz CT molecular complexity index is 851. The summed E-state index contributed by atoms with van der Waals surface area (Å²) >= 11 is 5.81.